The second-order valence-electron chi connectivity index (χ2n) is 6.01. The summed E-state index contributed by atoms with van der Waals surface area (Å²) in [7, 11) is 0. The second kappa shape index (κ2) is 3.79. The van der Waals surface area contributed by atoms with Crippen molar-refractivity contribution in [2.45, 2.75) is 57.0 Å². The van der Waals surface area contributed by atoms with E-state index in [1.54, 1.807) is 19.1 Å². The first-order chi connectivity index (χ1) is 7.72. The minimum atomic E-state index is -1.13. The molecule has 98 valence electrons. The minimum absolute atomic E-state index is 0.420. The molecule has 1 saturated heterocycles. The summed E-state index contributed by atoms with van der Waals surface area (Å²) in [5.41, 5.74) is -2.40. The zero-order valence-electron chi connectivity index (χ0n) is 10.7. The van der Waals surface area contributed by atoms with Gasteiger partial charge in [-0.15, -0.1) is 0 Å². The van der Waals surface area contributed by atoms with E-state index in [-0.39, 0.29) is 0 Å². The first kappa shape index (κ1) is 13.0. The van der Waals surface area contributed by atoms with Crippen LogP contribution >= 0.6 is 0 Å². The second-order valence-corrected chi connectivity index (χ2v) is 6.01. The monoisotopic (exact) mass is 242 g/mol. The summed E-state index contributed by atoms with van der Waals surface area (Å²) in [6.45, 7) is 5.83. The Morgan fingerprint density at radius 1 is 1.35 bits per heavy atom. The SMILES string of the molecule is CC(O)C=CC1(O)C2(C)COC1(C)CC(O)C2. The standard InChI is InChI=1S/C13H22O4/c1-9(14)4-5-13(16)11(2)6-10(15)7-12(13,3)17-8-11/h4-5,9-10,14-16H,6-8H2,1-3H3. The Hall–Kier alpha value is -0.420. The Morgan fingerprint density at radius 3 is 2.53 bits per heavy atom. The molecule has 0 radical (unpaired) electrons. The molecule has 5 atom stereocenters. The van der Waals surface area contributed by atoms with E-state index in [0.29, 0.717) is 19.4 Å². The lowest BCUT2D eigenvalue weighted by atomic mass is 9.59. The molecule has 0 aromatic rings. The van der Waals surface area contributed by atoms with Crippen molar-refractivity contribution in [3.05, 3.63) is 12.2 Å². The molecule has 2 bridgehead atoms. The molecule has 2 rings (SSSR count). The molecule has 2 aliphatic rings. The molecule has 4 nitrogen and oxygen atoms in total. The smallest absolute Gasteiger partial charge is 0.119 e. The van der Waals surface area contributed by atoms with Crippen molar-refractivity contribution in [2.24, 2.45) is 5.41 Å². The van der Waals surface area contributed by atoms with Gasteiger partial charge in [0.25, 0.3) is 0 Å². The number of hydrogen-bond donors (Lipinski definition) is 3. The molecule has 3 N–H and O–H groups in total. The van der Waals surface area contributed by atoms with E-state index in [4.69, 9.17) is 4.74 Å². The lowest BCUT2D eigenvalue weighted by Gasteiger charge is -2.49. The normalized spacial score (nSPS) is 52.0. The number of fused-ring (bicyclic) bond motifs is 2. The van der Waals surface area contributed by atoms with Crippen LogP contribution in [0.4, 0.5) is 0 Å². The van der Waals surface area contributed by atoms with E-state index in [0.717, 1.165) is 0 Å². The Balaban J connectivity index is 2.39. The van der Waals surface area contributed by atoms with Crippen LogP contribution in [0.2, 0.25) is 0 Å². The Morgan fingerprint density at radius 2 is 2.00 bits per heavy atom. The highest BCUT2D eigenvalue weighted by atomic mass is 16.5. The highest BCUT2D eigenvalue weighted by molar-refractivity contribution is 5.26. The Bertz CT molecular complexity index is 318. The highest BCUT2D eigenvalue weighted by Gasteiger charge is 2.67. The predicted molar refractivity (Wildman–Crippen MR) is 63.5 cm³/mol. The van der Waals surface area contributed by atoms with Gasteiger partial charge >= 0.3 is 0 Å². The number of rotatable bonds is 2. The average molecular weight is 242 g/mol. The molecule has 2 fully saturated rings. The summed E-state index contributed by atoms with van der Waals surface area (Å²) in [6.07, 6.45) is 3.14. The molecular weight excluding hydrogens is 220 g/mol. The summed E-state index contributed by atoms with van der Waals surface area (Å²) < 4.78 is 5.74. The van der Waals surface area contributed by atoms with Gasteiger partial charge in [0, 0.05) is 11.8 Å². The van der Waals surface area contributed by atoms with Gasteiger partial charge in [0.15, 0.2) is 0 Å². The van der Waals surface area contributed by atoms with E-state index < -0.39 is 28.8 Å². The molecular formula is C13H22O4. The van der Waals surface area contributed by atoms with Gasteiger partial charge in [-0.25, -0.2) is 0 Å². The van der Waals surface area contributed by atoms with Gasteiger partial charge in [0.2, 0.25) is 0 Å². The van der Waals surface area contributed by atoms with Crippen LogP contribution in [0, 0.1) is 5.41 Å². The molecule has 5 unspecified atom stereocenters. The lowest BCUT2D eigenvalue weighted by Crippen LogP contribution is -2.61. The van der Waals surface area contributed by atoms with Crippen molar-refractivity contribution in [3.63, 3.8) is 0 Å². The summed E-state index contributed by atoms with van der Waals surface area (Å²) in [5, 5.41) is 30.1. The molecule has 1 saturated carbocycles. The molecule has 1 heterocycles. The first-order valence-corrected chi connectivity index (χ1v) is 6.14. The molecule has 1 aliphatic heterocycles. The predicted octanol–water partition coefficient (Wildman–Crippen LogP) is 0.604. The maximum atomic E-state index is 10.9. The Kier molecular flexibility index (Phi) is 2.90. The number of aliphatic hydroxyl groups excluding tert-OH is 2. The number of ether oxygens (including phenoxy) is 1. The zero-order valence-corrected chi connectivity index (χ0v) is 10.7. The van der Waals surface area contributed by atoms with Gasteiger partial charge in [-0.2, -0.15) is 0 Å². The zero-order chi connectivity index (χ0) is 12.9. The molecule has 0 aromatic carbocycles. The largest absolute Gasteiger partial charge is 0.393 e. The van der Waals surface area contributed by atoms with Crippen molar-refractivity contribution in [2.75, 3.05) is 6.61 Å². The van der Waals surface area contributed by atoms with E-state index in [9.17, 15) is 15.3 Å². The van der Waals surface area contributed by atoms with Crippen LogP contribution in [0.1, 0.15) is 33.6 Å². The molecule has 17 heavy (non-hydrogen) atoms. The van der Waals surface area contributed by atoms with Crippen LogP contribution in [-0.4, -0.2) is 45.3 Å². The van der Waals surface area contributed by atoms with Crippen LogP contribution in [0.25, 0.3) is 0 Å². The highest BCUT2D eigenvalue weighted by Crippen LogP contribution is 2.57. The maximum absolute atomic E-state index is 10.9. The molecule has 0 amide bonds. The fourth-order valence-electron chi connectivity index (χ4n) is 3.30. The molecule has 4 heteroatoms. The lowest BCUT2D eigenvalue weighted by molar-refractivity contribution is -0.150. The van der Waals surface area contributed by atoms with Crippen molar-refractivity contribution < 1.29 is 20.1 Å². The van der Waals surface area contributed by atoms with Crippen LogP contribution in [0.3, 0.4) is 0 Å². The number of aliphatic hydroxyl groups is 3. The van der Waals surface area contributed by atoms with E-state index in [2.05, 4.69) is 0 Å². The Labute approximate surface area is 102 Å². The topological polar surface area (TPSA) is 69.9 Å². The van der Waals surface area contributed by atoms with Crippen molar-refractivity contribution >= 4 is 0 Å². The summed E-state index contributed by atoms with van der Waals surface area (Å²) in [6, 6.07) is 0. The third-order valence-electron chi connectivity index (χ3n) is 4.36. The van der Waals surface area contributed by atoms with Gasteiger partial charge in [-0.1, -0.05) is 19.1 Å². The molecule has 0 aromatic heterocycles. The fraction of sp³-hybridized carbons (Fsp3) is 0.846. The van der Waals surface area contributed by atoms with E-state index in [1.807, 2.05) is 13.8 Å². The quantitative estimate of drug-likeness (QED) is 0.620. The average Bonchev–Trinajstić information content (AvgIpc) is 2.33. The molecule has 1 aliphatic carbocycles. The number of hydrogen-bond acceptors (Lipinski definition) is 4. The summed E-state index contributed by atoms with van der Waals surface area (Å²) >= 11 is 0. The fourth-order valence-corrected chi connectivity index (χ4v) is 3.30. The third kappa shape index (κ3) is 1.74. The maximum Gasteiger partial charge on any atom is 0.119 e. The van der Waals surface area contributed by atoms with Crippen LogP contribution in [-0.2, 0) is 4.74 Å². The van der Waals surface area contributed by atoms with Crippen LogP contribution in [0.15, 0.2) is 12.2 Å². The summed E-state index contributed by atoms with van der Waals surface area (Å²) in [4.78, 5) is 0. The van der Waals surface area contributed by atoms with Crippen LogP contribution in [0.5, 0.6) is 0 Å². The van der Waals surface area contributed by atoms with Crippen molar-refractivity contribution in [3.8, 4) is 0 Å². The van der Waals surface area contributed by atoms with Gasteiger partial charge in [-0.3, -0.25) is 0 Å². The van der Waals surface area contributed by atoms with Gasteiger partial charge < -0.3 is 20.1 Å². The van der Waals surface area contributed by atoms with Crippen molar-refractivity contribution in [1.29, 1.82) is 0 Å². The first-order valence-electron chi connectivity index (χ1n) is 6.14. The van der Waals surface area contributed by atoms with Gasteiger partial charge in [0.1, 0.15) is 11.2 Å². The van der Waals surface area contributed by atoms with Crippen molar-refractivity contribution in [1.82, 2.24) is 0 Å². The van der Waals surface area contributed by atoms with E-state index in [1.165, 1.54) is 0 Å². The summed E-state index contributed by atoms with van der Waals surface area (Å²) in [5.74, 6) is 0. The minimum Gasteiger partial charge on any atom is -0.393 e. The van der Waals surface area contributed by atoms with Gasteiger partial charge in [-0.05, 0) is 20.3 Å². The molecule has 0 spiro atoms. The third-order valence-corrected chi connectivity index (χ3v) is 4.36. The van der Waals surface area contributed by atoms with Gasteiger partial charge in [0.05, 0.1) is 18.8 Å². The van der Waals surface area contributed by atoms with Crippen LogP contribution < -0.4 is 0 Å². The van der Waals surface area contributed by atoms with E-state index >= 15 is 0 Å².